The Labute approximate surface area is 127 Å². The van der Waals surface area contributed by atoms with Crippen LogP contribution < -0.4 is 4.90 Å². The molecule has 0 aliphatic carbocycles. The highest BCUT2D eigenvalue weighted by Gasteiger charge is 2.31. The maximum Gasteiger partial charge on any atom is 0.416 e. The molecule has 0 N–H and O–H groups in total. The van der Waals surface area contributed by atoms with Crippen LogP contribution in [0.5, 0.6) is 0 Å². The van der Waals surface area contributed by atoms with Crippen molar-refractivity contribution in [3.8, 4) is 0 Å². The third kappa shape index (κ3) is 3.30. The zero-order valence-corrected chi connectivity index (χ0v) is 12.3. The minimum Gasteiger partial charge on any atom is -0.308 e. The number of alkyl halides is 3. The lowest BCUT2D eigenvalue weighted by molar-refractivity contribution is -0.137. The highest BCUT2D eigenvalue weighted by atomic mass is 19.4. The highest BCUT2D eigenvalue weighted by Crippen LogP contribution is 2.30. The summed E-state index contributed by atoms with van der Waals surface area (Å²) in [5.41, 5.74) is 0.802. The first-order chi connectivity index (χ1) is 10.3. The number of hydrogen-bond acceptors (Lipinski definition) is 1. The lowest BCUT2D eigenvalue weighted by atomic mass is 10.1. The Balaban J connectivity index is 2.40. The van der Waals surface area contributed by atoms with Crippen LogP contribution in [0.4, 0.5) is 18.9 Å². The first-order valence-corrected chi connectivity index (χ1v) is 6.89. The van der Waals surface area contributed by atoms with Gasteiger partial charge in [0, 0.05) is 17.8 Å². The van der Waals surface area contributed by atoms with Gasteiger partial charge in [-0.25, -0.2) is 0 Å². The van der Waals surface area contributed by atoms with Crippen LogP contribution in [0.2, 0.25) is 0 Å². The van der Waals surface area contributed by atoms with Gasteiger partial charge in [-0.05, 0) is 43.7 Å². The fraction of sp³-hybridized carbons (Fsp3) is 0.235. The van der Waals surface area contributed by atoms with Gasteiger partial charge >= 0.3 is 6.18 Å². The number of benzene rings is 2. The number of carbonyl (C=O) groups is 1. The van der Waals surface area contributed by atoms with Crippen molar-refractivity contribution in [3.63, 3.8) is 0 Å². The van der Waals surface area contributed by atoms with Crippen molar-refractivity contribution in [1.82, 2.24) is 0 Å². The second-order valence-corrected chi connectivity index (χ2v) is 4.91. The highest BCUT2D eigenvalue weighted by molar-refractivity contribution is 6.06. The SMILES string of the molecule is CCN(C(=O)c1cccc(C(F)(F)F)c1)c1ccccc1C. The smallest absolute Gasteiger partial charge is 0.308 e. The molecule has 0 bridgehead atoms. The average Bonchev–Trinajstić information content (AvgIpc) is 2.49. The van der Waals surface area contributed by atoms with Gasteiger partial charge in [0.05, 0.1) is 5.56 Å². The number of anilines is 1. The third-order valence-electron chi connectivity index (χ3n) is 3.40. The Morgan fingerprint density at radius 1 is 1.09 bits per heavy atom. The lowest BCUT2D eigenvalue weighted by Crippen LogP contribution is -2.31. The molecule has 2 aromatic carbocycles. The fourth-order valence-corrected chi connectivity index (χ4v) is 2.27. The van der Waals surface area contributed by atoms with Crippen molar-refractivity contribution in [2.24, 2.45) is 0 Å². The molecule has 2 nitrogen and oxygen atoms in total. The van der Waals surface area contributed by atoms with E-state index in [2.05, 4.69) is 0 Å². The van der Waals surface area contributed by atoms with Crippen LogP contribution in [-0.4, -0.2) is 12.5 Å². The molecule has 0 aromatic heterocycles. The second kappa shape index (κ2) is 6.22. The first kappa shape index (κ1) is 16.1. The van der Waals surface area contributed by atoms with Gasteiger partial charge in [0.2, 0.25) is 0 Å². The molecular formula is C17H16F3NO. The molecule has 116 valence electrons. The molecular weight excluding hydrogens is 291 g/mol. The van der Waals surface area contributed by atoms with Gasteiger partial charge in [-0.2, -0.15) is 13.2 Å². The van der Waals surface area contributed by atoms with Crippen LogP contribution in [-0.2, 0) is 6.18 Å². The second-order valence-electron chi connectivity index (χ2n) is 4.91. The van der Waals surface area contributed by atoms with Crippen molar-refractivity contribution < 1.29 is 18.0 Å². The number of carbonyl (C=O) groups excluding carboxylic acids is 1. The summed E-state index contributed by atoms with van der Waals surface area (Å²) in [6.07, 6.45) is -4.46. The molecule has 5 heteroatoms. The minimum atomic E-state index is -4.46. The number of halogens is 3. The molecule has 22 heavy (non-hydrogen) atoms. The van der Waals surface area contributed by atoms with Crippen LogP contribution in [0.3, 0.4) is 0 Å². The predicted molar refractivity (Wildman–Crippen MR) is 80.0 cm³/mol. The summed E-state index contributed by atoms with van der Waals surface area (Å²) in [4.78, 5) is 14.0. The maximum absolute atomic E-state index is 12.8. The summed E-state index contributed by atoms with van der Waals surface area (Å²) in [5.74, 6) is -0.442. The molecule has 2 aromatic rings. The Hall–Kier alpha value is -2.30. The van der Waals surface area contributed by atoms with E-state index in [1.807, 2.05) is 19.1 Å². The van der Waals surface area contributed by atoms with Gasteiger partial charge in [0.25, 0.3) is 5.91 Å². The van der Waals surface area contributed by atoms with Gasteiger partial charge in [-0.3, -0.25) is 4.79 Å². The van der Waals surface area contributed by atoms with Crippen LogP contribution in [0.15, 0.2) is 48.5 Å². The van der Waals surface area contributed by atoms with Crippen LogP contribution in [0.1, 0.15) is 28.4 Å². The molecule has 0 aliphatic rings. The van der Waals surface area contributed by atoms with E-state index < -0.39 is 17.6 Å². The molecule has 2 rings (SSSR count). The molecule has 0 aliphatic heterocycles. The van der Waals surface area contributed by atoms with Crippen LogP contribution >= 0.6 is 0 Å². The Kier molecular flexibility index (Phi) is 4.54. The van der Waals surface area contributed by atoms with E-state index in [1.165, 1.54) is 17.0 Å². The topological polar surface area (TPSA) is 20.3 Å². The molecule has 0 unspecified atom stereocenters. The molecule has 0 saturated carbocycles. The van der Waals surface area contributed by atoms with Gasteiger partial charge in [-0.15, -0.1) is 0 Å². The fourth-order valence-electron chi connectivity index (χ4n) is 2.27. The van der Waals surface area contributed by atoms with E-state index in [1.54, 1.807) is 19.1 Å². The summed E-state index contributed by atoms with van der Waals surface area (Å²) in [5, 5.41) is 0. The Bertz CT molecular complexity index is 680. The first-order valence-electron chi connectivity index (χ1n) is 6.89. The summed E-state index contributed by atoms with van der Waals surface area (Å²) in [6, 6.07) is 11.8. The molecule has 0 fully saturated rings. The summed E-state index contributed by atoms with van der Waals surface area (Å²) in [6.45, 7) is 4.02. The Morgan fingerprint density at radius 2 is 1.77 bits per heavy atom. The average molecular weight is 307 g/mol. The third-order valence-corrected chi connectivity index (χ3v) is 3.40. The zero-order chi connectivity index (χ0) is 16.3. The van der Waals surface area contributed by atoms with Crippen molar-refractivity contribution in [3.05, 3.63) is 65.2 Å². The summed E-state index contributed by atoms with van der Waals surface area (Å²) in [7, 11) is 0. The van der Waals surface area contributed by atoms with Crippen molar-refractivity contribution >= 4 is 11.6 Å². The molecule has 0 saturated heterocycles. The number of nitrogens with zero attached hydrogens (tertiary/aromatic N) is 1. The predicted octanol–water partition coefficient (Wildman–Crippen LogP) is 4.68. The van der Waals surface area contributed by atoms with Crippen LogP contribution in [0.25, 0.3) is 0 Å². The number of aryl methyl sites for hydroxylation is 1. The van der Waals surface area contributed by atoms with E-state index in [9.17, 15) is 18.0 Å². The molecule has 1 amide bonds. The largest absolute Gasteiger partial charge is 0.416 e. The van der Waals surface area contributed by atoms with Gasteiger partial charge < -0.3 is 4.90 Å². The van der Waals surface area contributed by atoms with E-state index in [4.69, 9.17) is 0 Å². The minimum absolute atomic E-state index is 0.0277. The van der Waals surface area contributed by atoms with E-state index in [-0.39, 0.29) is 5.56 Å². The number of amides is 1. The number of hydrogen-bond donors (Lipinski definition) is 0. The standard InChI is InChI=1S/C17H16F3NO/c1-3-21(15-10-5-4-7-12(15)2)16(22)13-8-6-9-14(11-13)17(18,19)20/h4-11H,3H2,1-2H3. The van der Waals surface area contributed by atoms with E-state index in [0.717, 1.165) is 17.7 Å². The maximum atomic E-state index is 12.8. The summed E-state index contributed by atoms with van der Waals surface area (Å²) < 4.78 is 38.3. The molecule has 0 heterocycles. The van der Waals surface area contributed by atoms with E-state index >= 15 is 0 Å². The van der Waals surface area contributed by atoms with Crippen molar-refractivity contribution in [2.45, 2.75) is 20.0 Å². The van der Waals surface area contributed by atoms with E-state index in [0.29, 0.717) is 12.2 Å². The summed E-state index contributed by atoms with van der Waals surface area (Å²) >= 11 is 0. The monoisotopic (exact) mass is 307 g/mol. The molecule has 0 spiro atoms. The quantitative estimate of drug-likeness (QED) is 0.806. The normalized spacial score (nSPS) is 11.3. The van der Waals surface area contributed by atoms with Gasteiger partial charge in [0.15, 0.2) is 0 Å². The van der Waals surface area contributed by atoms with Crippen LogP contribution in [0, 0.1) is 6.92 Å². The number of rotatable bonds is 3. The molecule has 0 atom stereocenters. The van der Waals surface area contributed by atoms with Gasteiger partial charge in [-0.1, -0.05) is 24.3 Å². The van der Waals surface area contributed by atoms with Gasteiger partial charge in [0.1, 0.15) is 0 Å². The zero-order valence-electron chi connectivity index (χ0n) is 12.3. The lowest BCUT2D eigenvalue weighted by Gasteiger charge is -2.23. The molecule has 0 radical (unpaired) electrons. The Morgan fingerprint density at radius 3 is 2.36 bits per heavy atom. The van der Waals surface area contributed by atoms with Crippen molar-refractivity contribution in [2.75, 3.05) is 11.4 Å². The van der Waals surface area contributed by atoms with Crippen molar-refractivity contribution in [1.29, 1.82) is 0 Å². The number of para-hydroxylation sites is 1.